The predicted molar refractivity (Wildman–Crippen MR) is 92.1 cm³/mol. The Kier molecular flexibility index (Phi) is 5.61. The number of aromatic nitrogens is 1. The van der Waals surface area contributed by atoms with Gasteiger partial charge < -0.3 is 10.2 Å². The molecule has 124 valence electrons. The van der Waals surface area contributed by atoms with Crippen LogP contribution < -0.4 is 5.32 Å². The van der Waals surface area contributed by atoms with Crippen LogP contribution in [0.25, 0.3) is 0 Å². The molecule has 0 spiro atoms. The molecule has 2 heterocycles. The lowest BCUT2D eigenvalue weighted by Crippen LogP contribution is -2.50. The molecule has 0 bridgehead atoms. The average molecular weight is 324 g/mol. The Balaban J connectivity index is 1.91. The van der Waals surface area contributed by atoms with Crippen LogP contribution in [0.4, 0.5) is 0 Å². The topological polar surface area (TPSA) is 45.2 Å². The summed E-state index contributed by atoms with van der Waals surface area (Å²) in [6.45, 7) is 13.1. The van der Waals surface area contributed by atoms with Crippen LogP contribution in [0.1, 0.15) is 57.3 Å². The lowest BCUT2D eigenvalue weighted by Gasteiger charge is -2.38. The molecule has 1 N–H and O–H groups in total. The maximum Gasteiger partial charge on any atom is 0.219 e. The van der Waals surface area contributed by atoms with E-state index in [9.17, 15) is 4.79 Å². The van der Waals surface area contributed by atoms with E-state index in [1.54, 1.807) is 18.3 Å². The molecular formula is C17H29N3OS. The number of piperidine rings is 1. The van der Waals surface area contributed by atoms with Gasteiger partial charge in [-0.2, -0.15) is 0 Å². The molecule has 2 atom stereocenters. The number of hydrogen-bond acceptors (Lipinski definition) is 4. The van der Waals surface area contributed by atoms with Crippen molar-refractivity contribution in [3.8, 4) is 0 Å². The van der Waals surface area contributed by atoms with Gasteiger partial charge in [0.25, 0.3) is 0 Å². The molecule has 0 aromatic carbocycles. The first-order valence-corrected chi connectivity index (χ1v) is 9.07. The van der Waals surface area contributed by atoms with Crippen molar-refractivity contribution in [2.75, 3.05) is 13.1 Å². The summed E-state index contributed by atoms with van der Waals surface area (Å²) >= 11 is 1.80. The Hall–Kier alpha value is -0.940. The summed E-state index contributed by atoms with van der Waals surface area (Å²) in [5, 5.41) is 4.89. The number of carbonyl (C=O) groups excluding carboxylic acids is 1. The quantitative estimate of drug-likeness (QED) is 0.925. The van der Waals surface area contributed by atoms with Crippen LogP contribution in [0.15, 0.2) is 6.20 Å². The monoisotopic (exact) mass is 323 g/mol. The Morgan fingerprint density at radius 1 is 1.50 bits per heavy atom. The van der Waals surface area contributed by atoms with Crippen molar-refractivity contribution in [1.82, 2.24) is 15.2 Å². The van der Waals surface area contributed by atoms with Crippen LogP contribution in [0.2, 0.25) is 0 Å². The second-order valence-corrected chi connectivity index (χ2v) is 8.41. The molecule has 22 heavy (non-hydrogen) atoms. The Labute approximate surface area is 138 Å². The summed E-state index contributed by atoms with van der Waals surface area (Å²) in [5.41, 5.74) is 0.127. The van der Waals surface area contributed by atoms with Gasteiger partial charge in [-0.3, -0.25) is 4.79 Å². The number of amides is 1. The van der Waals surface area contributed by atoms with Gasteiger partial charge in [0.2, 0.25) is 5.91 Å². The molecule has 0 unspecified atom stereocenters. The number of nitrogens with zero attached hydrogens (tertiary/aromatic N) is 2. The fourth-order valence-corrected chi connectivity index (χ4v) is 3.89. The molecule has 1 aromatic heterocycles. The van der Waals surface area contributed by atoms with E-state index >= 15 is 0 Å². The molecule has 1 fully saturated rings. The number of hydrogen-bond donors (Lipinski definition) is 1. The zero-order valence-electron chi connectivity index (χ0n) is 14.5. The van der Waals surface area contributed by atoms with Crippen molar-refractivity contribution in [1.29, 1.82) is 0 Å². The number of rotatable bonds is 4. The Morgan fingerprint density at radius 2 is 2.23 bits per heavy atom. The lowest BCUT2D eigenvalue weighted by atomic mass is 9.90. The van der Waals surface area contributed by atoms with E-state index < -0.39 is 0 Å². The van der Waals surface area contributed by atoms with Crippen molar-refractivity contribution >= 4 is 17.2 Å². The Morgan fingerprint density at radius 3 is 2.77 bits per heavy atom. The first-order chi connectivity index (χ1) is 10.3. The molecule has 0 aliphatic carbocycles. The van der Waals surface area contributed by atoms with E-state index in [0.29, 0.717) is 12.0 Å². The first kappa shape index (κ1) is 17.4. The van der Waals surface area contributed by atoms with E-state index in [-0.39, 0.29) is 11.3 Å². The molecule has 5 heteroatoms. The van der Waals surface area contributed by atoms with E-state index in [1.165, 1.54) is 9.88 Å². The third-order valence-corrected chi connectivity index (χ3v) is 5.86. The molecule has 4 nitrogen and oxygen atoms in total. The van der Waals surface area contributed by atoms with Crippen molar-refractivity contribution in [2.45, 2.75) is 65.5 Å². The van der Waals surface area contributed by atoms with Crippen molar-refractivity contribution < 1.29 is 4.79 Å². The van der Waals surface area contributed by atoms with E-state index in [1.807, 2.05) is 11.1 Å². The summed E-state index contributed by atoms with van der Waals surface area (Å²) in [7, 11) is 0. The summed E-state index contributed by atoms with van der Waals surface area (Å²) in [6, 6.07) is 0.501. The third kappa shape index (κ3) is 4.29. The molecule has 1 aliphatic heterocycles. The zero-order chi connectivity index (χ0) is 16.3. The van der Waals surface area contributed by atoms with Crippen molar-refractivity contribution in [2.24, 2.45) is 5.92 Å². The minimum Gasteiger partial charge on any atom is -0.343 e. The summed E-state index contributed by atoms with van der Waals surface area (Å²) < 4.78 is 0. The van der Waals surface area contributed by atoms with Crippen LogP contribution in [-0.2, 0) is 16.8 Å². The maximum absolute atomic E-state index is 11.5. The molecule has 2 rings (SSSR count). The van der Waals surface area contributed by atoms with Crippen LogP contribution >= 0.6 is 11.3 Å². The first-order valence-electron chi connectivity index (χ1n) is 8.25. The van der Waals surface area contributed by atoms with Gasteiger partial charge in [0.1, 0.15) is 0 Å². The molecule has 1 aromatic rings. The highest BCUT2D eigenvalue weighted by molar-refractivity contribution is 7.11. The number of nitrogens with one attached hydrogen (secondary N) is 1. The fourth-order valence-electron chi connectivity index (χ4n) is 2.97. The zero-order valence-corrected chi connectivity index (χ0v) is 15.3. The summed E-state index contributed by atoms with van der Waals surface area (Å²) in [6.07, 6.45) is 4.16. The normalized spacial score (nSPS) is 22.9. The second kappa shape index (κ2) is 7.09. The predicted octanol–water partition coefficient (Wildman–Crippen LogP) is 3.18. The largest absolute Gasteiger partial charge is 0.343 e. The Bertz CT molecular complexity index is 506. The smallest absolute Gasteiger partial charge is 0.219 e. The summed E-state index contributed by atoms with van der Waals surface area (Å²) in [5.74, 6) is 0.752. The molecule has 0 saturated carbocycles. The summed E-state index contributed by atoms with van der Waals surface area (Å²) in [4.78, 5) is 19.4. The van der Waals surface area contributed by atoms with Crippen LogP contribution in [0, 0.1) is 5.92 Å². The standard InChI is InChI=1S/C17H29N3OS/c1-6-13-11-20(12(2)21)8-7-15(13)18-9-14-10-19-16(22-14)17(3,4)5/h10,13,15,18H,6-9,11H2,1-5H3/t13-,15+/m0/s1. The second-order valence-electron chi connectivity index (χ2n) is 7.29. The molecule has 0 radical (unpaired) electrons. The highest BCUT2D eigenvalue weighted by atomic mass is 32.1. The van der Waals surface area contributed by atoms with E-state index in [4.69, 9.17) is 0 Å². The number of thiazole rings is 1. The number of carbonyl (C=O) groups is 1. The van der Waals surface area contributed by atoms with Gasteiger partial charge in [-0.1, -0.05) is 34.1 Å². The number of likely N-dealkylation sites (tertiary alicyclic amines) is 1. The lowest BCUT2D eigenvalue weighted by molar-refractivity contribution is -0.131. The SMILES string of the molecule is CC[C@H]1CN(C(C)=O)CC[C@H]1NCc1cnc(C(C)(C)C)s1. The maximum atomic E-state index is 11.5. The third-order valence-electron chi connectivity index (χ3n) is 4.44. The van der Waals surface area contributed by atoms with Crippen LogP contribution in [0.5, 0.6) is 0 Å². The minimum absolute atomic E-state index is 0.127. The highest BCUT2D eigenvalue weighted by Crippen LogP contribution is 2.27. The fraction of sp³-hybridized carbons (Fsp3) is 0.765. The van der Waals surface area contributed by atoms with Gasteiger partial charge in [-0.25, -0.2) is 4.98 Å². The van der Waals surface area contributed by atoms with Crippen LogP contribution in [0.3, 0.4) is 0 Å². The van der Waals surface area contributed by atoms with E-state index in [0.717, 1.165) is 32.5 Å². The van der Waals surface area contributed by atoms with Crippen molar-refractivity contribution in [3.05, 3.63) is 16.1 Å². The minimum atomic E-state index is 0.127. The molecule has 1 amide bonds. The highest BCUT2D eigenvalue weighted by Gasteiger charge is 2.29. The molecule has 1 aliphatic rings. The van der Waals surface area contributed by atoms with Gasteiger partial charge in [0.05, 0.1) is 5.01 Å². The average Bonchev–Trinajstić information content (AvgIpc) is 2.93. The van der Waals surface area contributed by atoms with Gasteiger partial charge in [0, 0.05) is 49.1 Å². The van der Waals surface area contributed by atoms with Gasteiger partial charge >= 0.3 is 0 Å². The van der Waals surface area contributed by atoms with E-state index in [2.05, 4.69) is 38.0 Å². The van der Waals surface area contributed by atoms with Gasteiger partial charge in [-0.05, 0) is 12.3 Å². The van der Waals surface area contributed by atoms with Gasteiger partial charge in [0.15, 0.2) is 0 Å². The van der Waals surface area contributed by atoms with Gasteiger partial charge in [-0.15, -0.1) is 11.3 Å². The van der Waals surface area contributed by atoms with Crippen molar-refractivity contribution in [3.63, 3.8) is 0 Å². The molecule has 1 saturated heterocycles. The molecular weight excluding hydrogens is 294 g/mol. The van der Waals surface area contributed by atoms with Crippen LogP contribution in [-0.4, -0.2) is 34.9 Å².